The summed E-state index contributed by atoms with van der Waals surface area (Å²) in [6, 6.07) is 5.28. The molecule has 0 aliphatic carbocycles. The highest BCUT2D eigenvalue weighted by Gasteiger charge is 2.05. The Morgan fingerprint density at radius 1 is 1.42 bits per heavy atom. The van der Waals surface area contributed by atoms with E-state index in [1.54, 1.807) is 19.1 Å². The van der Waals surface area contributed by atoms with Crippen LogP contribution in [0.15, 0.2) is 23.6 Å². The number of amides is 1. The van der Waals surface area contributed by atoms with Crippen molar-refractivity contribution in [2.75, 3.05) is 5.32 Å². The molecule has 5 heteroatoms. The molecule has 1 aromatic heterocycles. The highest BCUT2D eigenvalue weighted by atomic mass is 32.1. The summed E-state index contributed by atoms with van der Waals surface area (Å²) in [5.74, 6) is -0.295. The van der Waals surface area contributed by atoms with Gasteiger partial charge in [0, 0.05) is 12.3 Å². The Balaban J connectivity index is 1.96. The molecular weight excluding hydrogens is 263 g/mol. The van der Waals surface area contributed by atoms with E-state index in [0.717, 1.165) is 24.1 Å². The molecule has 100 valence electrons. The largest absolute Gasteiger partial charge is 0.302 e. The van der Waals surface area contributed by atoms with Crippen molar-refractivity contribution >= 4 is 22.4 Å². The van der Waals surface area contributed by atoms with E-state index in [9.17, 15) is 9.18 Å². The molecule has 0 atom stereocenters. The van der Waals surface area contributed by atoms with E-state index in [4.69, 9.17) is 0 Å². The Hall–Kier alpha value is -1.75. The fourth-order valence-electron chi connectivity index (χ4n) is 1.69. The molecule has 0 unspecified atom stereocenters. The lowest BCUT2D eigenvalue weighted by Gasteiger charge is -2.02. The van der Waals surface area contributed by atoms with Crippen molar-refractivity contribution in [1.82, 2.24) is 4.98 Å². The monoisotopic (exact) mass is 278 g/mol. The van der Waals surface area contributed by atoms with Crippen molar-refractivity contribution in [1.29, 1.82) is 0 Å². The number of halogens is 1. The van der Waals surface area contributed by atoms with Gasteiger partial charge in [-0.05, 0) is 37.0 Å². The van der Waals surface area contributed by atoms with Gasteiger partial charge in [0.25, 0.3) is 0 Å². The summed E-state index contributed by atoms with van der Waals surface area (Å²) >= 11 is 1.40. The molecular formula is C14H15FN2OS. The van der Waals surface area contributed by atoms with Gasteiger partial charge in [-0.15, -0.1) is 11.3 Å². The average molecular weight is 278 g/mol. The summed E-state index contributed by atoms with van der Waals surface area (Å²) in [6.07, 6.45) is 1.47. The van der Waals surface area contributed by atoms with Crippen LogP contribution in [0.4, 0.5) is 9.52 Å². The number of rotatable bonds is 4. The van der Waals surface area contributed by atoms with E-state index < -0.39 is 0 Å². The van der Waals surface area contributed by atoms with Crippen molar-refractivity contribution in [3.8, 4) is 0 Å². The first-order valence-electron chi connectivity index (χ1n) is 6.01. The van der Waals surface area contributed by atoms with Gasteiger partial charge in [-0.3, -0.25) is 4.79 Å². The molecule has 3 nitrogen and oxygen atoms in total. The van der Waals surface area contributed by atoms with Gasteiger partial charge in [-0.2, -0.15) is 0 Å². The van der Waals surface area contributed by atoms with Crippen molar-refractivity contribution in [3.63, 3.8) is 0 Å². The van der Waals surface area contributed by atoms with Crippen LogP contribution in [0.1, 0.15) is 23.7 Å². The number of nitrogens with zero attached hydrogens (tertiary/aromatic N) is 1. The number of carbonyl (C=O) groups is 1. The third-order valence-corrected chi connectivity index (χ3v) is 3.55. The topological polar surface area (TPSA) is 42.0 Å². The molecule has 19 heavy (non-hydrogen) atoms. The molecule has 0 aliphatic heterocycles. The molecule has 0 saturated heterocycles. The Morgan fingerprint density at radius 2 is 2.21 bits per heavy atom. The summed E-state index contributed by atoms with van der Waals surface area (Å²) in [5.41, 5.74) is 2.53. The van der Waals surface area contributed by atoms with Gasteiger partial charge in [0.05, 0.1) is 5.69 Å². The second-order valence-corrected chi connectivity index (χ2v) is 5.27. The van der Waals surface area contributed by atoms with Crippen LogP contribution in [0, 0.1) is 12.7 Å². The Bertz CT molecular complexity index is 595. The van der Waals surface area contributed by atoms with Crippen molar-refractivity contribution in [2.45, 2.75) is 26.7 Å². The Kier molecular flexibility index (Phi) is 4.27. The maximum Gasteiger partial charge on any atom is 0.223 e. The number of anilines is 1. The lowest BCUT2D eigenvalue weighted by atomic mass is 10.1. The molecule has 0 aliphatic rings. The van der Waals surface area contributed by atoms with Gasteiger partial charge in [-0.1, -0.05) is 12.1 Å². The number of thiazole rings is 1. The predicted octanol–water partition coefficient (Wildman–Crippen LogP) is 3.33. The van der Waals surface area contributed by atoms with Crippen LogP contribution >= 0.6 is 11.3 Å². The zero-order valence-electron chi connectivity index (χ0n) is 10.9. The molecule has 0 bridgehead atoms. The first-order valence-corrected chi connectivity index (χ1v) is 6.89. The minimum absolute atomic E-state index is 0.124. The molecule has 0 radical (unpaired) electrons. The maximum absolute atomic E-state index is 13.4. The van der Waals surface area contributed by atoms with Gasteiger partial charge >= 0.3 is 0 Å². The van der Waals surface area contributed by atoms with Crippen LogP contribution in [0.3, 0.4) is 0 Å². The highest BCUT2D eigenvalue weighted by Crippen LogP contribution is 2.17. The zero-order valence-corrected chi connectivity index (χ0v) is 11.7. The highest BCUT2D eigenvalue weighted by molar-refractivity contribution is 7.13. The van der Waals surface area contributed by atoms with Crippen LogP contribution in [-0.2, 0) is 17.6 Å². The number of hydrogen-bond acceptors (Lipinski definition) is 3. The minimum atomic E-state index is -0.172. The third kappa shape index (κ3) is 3.86. The molecule has 0 saturated carbocycles. The molecule has 0 spiro atoms. The summed E-state index contributed by atoms with van der Waals surface area (Å²) in [4.78, 5) is 15.2. The smallest absolute Gasteiger partial charge is 0.223 e. The van der Waals surface area contributed by atoms with E-state index >= 15 is 0 Å². The summed E-state index contributed by atoms with van der Waals surface area (Å²) in [6.45, 7) is 3.20. The number of benzene rings is 1. The van der Waals surface area contributed by atoms with Crippen LogP contribution in [0.2, 0.25) is 0 Å². The normalized spacial score (nSPS) is 10.5. The molecule has 1 amide bonds. The Labute approximate surface area is 115 Å². The van der Waals surface area contributed by atoms with Gasteiger partial charge in [0.15, 0.2) is 5.13 Å². The lowest BCUT2D eigenvalue weighted by Crippen LogP contribution is -2.05. The van der Waals surface area contributed by atoms with Gasteiger partial charge in [-0.25, -0.2) is 9.37 Å². The molecule has 1 N–H and O–H groups in total. The van der Waals surface area contributed by atoms with Crippen molar-refractivity contribution < 1.29 is 9.18 Å². The maximum atomic E-state index is 13.4. The fourth-order valence-corrected chi connectivity index (χ4v) is 2.48. The first kappa shape index (κ1) is 13.7. The average Bonchev–Trinajstić information content (AvgIpc) is 2.77. The van der Waals surface area contributed by atoms with E-state index in [-0.39, 0.29) is 11.7 Å². The molecule has 2 aromatic rings. The van der Waals surface area contributed by atoms with E-state index in [1.807, 2.05) is 11.4 Å². The lowest BCUT2D eigenvalue weighted by molar-refractivity contribution is -0.114. The van der Waals surface area contributed by atoms with Crippen molar-refractivity contribution in [3.05, 3.63) is 46.2 Å². The summed E-state index contributed by atoms with van der Waals surface area (Å²) in [5, 5.41) is 5.17. The quantitative estimate of drug-likeness (QED) is 0.932. The van der Waals surface area contributed by atoms with Crippen LogP contribution < -0.4 is 5.32 Å². The number of carbonyl (C=O) groups excluding carboxylic acids is 1. The molecule has 1 heterocycles. The van der Waals surface area contributed by atoms with Gasteiger partial charge < -0.3 is 5.32 Å². The summed E-state index contributed by atoms with van der Waals surface area (Å²) < 4.78 is 13.4. The van der Waals surface area contributed by atoms with Crippen LogP contribution in [0.25, 0.3) is 0 Å². The predicted molar refractivity (Wildman–Crippen MR) is 75.0 cm³/mol. The molecule has 1 aromatic carbocycles. The van der Waals surface area contributed by atoms with Gasteiger partial charge in [0.1, 0.15) is 5.82 Å². The van der Waals surface area contributed by atoms with Gasteiger partial charge in [0.2, 0.25) is 5.91 Å². The fraction of sp³-hybridized carbons (Fsp3) is 0.286. The number of aromatic nitrogens is 1. The van der Waals surface area contributed by atoms with E-state index in [0.29, 0.717) is 10.7 Å². The first-order chi connectivity index (χ1) is 9.04. The van der Waals surface area contributed by atoms with Crippen molar-refractivity contribution in [2.24, 2.45) is 0 Å². The number of hydrogen-bond donors (Lipinski definition) is 1. The standard InChI is InChI=1S/C14H15FN2OS/c1-9-3-4-11(7-13(9)15)5-6-12-8-19-14(17-12)16-10(2)18/h3-4,7-8H,5-6H2,1-2H3,(H,16,17,18). The molecule has 2 rings (SSSR count). The number of nitrogens with one attached hydrogen (secondary N) is 1. The van der Waals surface area contributed by atoms with Crippen LogP contribution in [-0.4, -0.2) is 10.9 Å². The third-order valence-electron chi connectivity index (χ3n) is 2.74. The second-order valence-electron chi connectivity index (χ2n) is 4.41. The Morgan fingerprint density at radius 3 is 2.89 bits per heavy atom. The SMILES string of the molecule is CC(=O)Nc1nc(CCc2ccc(C)c(F)c2)cs1. The van der Waals surface area contributed by atoms with Crippen LogP contribution in [0.5, 0.6) is 0 Å². The second kappa shape index (κ2) is 5.93. The van der Waals surface area contributed by atoms with E-state index in [1.165, 1.54) is 18.3 Å². The number of aryl methyl sites for hydroxylation is 3. The molecule has 0 fully saturated rings. The summed E-state index contributed by atoms with van der Waals surface area (Å²) in [7, 11) is 0. The zero-order chi connectivity index (χ0) is 13.8. The van der Waals surface area contributed by atoms with E-state index in [2.05, 4.69) is 10.3 Å². The minimum Gasteiger partial charge on any atom is -0.302 e.